The topological polar surface area (TPSA) is 58.6 Å². The van der Waals surface area contributed by atoms with Crippen LogP contribution < -0.4 is 10.1 Å². The number of nitrogens with one attached hydrogen (secondary N) is 1. The monoisotopic (exact) mass is 255 g/mol. The molecule has 0 aliphatic rings. The molecule has 0 fully saturated rings. The molecule has 4 nitrogen and oxygen atoms in total. The maximum absolute atomic E-state index is 13.2. The van der Waals surface area contributed by atoms with Gasteiger partial charge in [-0.2, -0.15) is 0 Å². The summed E-state index contributed by atoms with van der Waals surface area (Å²) in [6.07, 6.45) is 0.193. The molecular weight excluding hydrogens is 237 g/mol. The molecule has 2 N–H and O–H groups in total. The second-order valence-electron chi connectivity index (χ2n) is 3.90. The van der Waals surface area contributed by atoms with Crippen LogP contribution in [0.15, 0.2) is 24.3 Å². The Bertz CT molecular complexity index is 384. The number of hydrogen-bond donors (Lipinski definition) is 2. The lowest BCUT2D eigenvalue weighted by Gasteiger charge is -2.10. The van der Waals surface area contributed by atoms with E-state index in [-0.39, 0.29) is 31.2 Å². The maximum atomic E-state index is 13.2. The molecular formula is C13H18FNO3. The highest BCUT2D eigenvalue weighted by molar-refractivity contribution is 5.76. The lowest BCUT2D eigenvalue weighted by molar-refractivity contribution is -0.122. The minimum absolute atomic E-state index is 0.106. The van der Waals surface area contributed by atoms with E-state index in [1.165, 1.54) is 12.1 Å². The highest BCUT2D eigenvalue weighted by Gasteiger charge is 2.06. The predicted molar refractivity (Wildman–Crippen MR) is 65.8 cm³/mol. The van der Waals surface area contributed by atoms with Gasteiger partial charge in [0.25, 0.3) is 0 Å². The van der Waals surface area contributed by atoms with E-state index in [9.17, 15) is 14.3 Å². The van der Waals surface area contributed by atoms with Crippen LogP contribution in [-0.2, 0) is 4.79 Å². The number of carbonyl (C=O) groups is 1. The third-order valence-corrected chi connectivity index (χ3v) is 2.43. The van der Waals surface area contributed by atoms with Crippen LogP contribution in [0.25, 0.3) is 0 Å². The number of carbonyl (C=O) groups excluding carboxylic acids is 1. The number of rotatable bonds is 7. The number of benzene rings is 1. The Morgan fingerprint density at radius 1 is 1.50 bits per heavy atom. The van der Waals surface area contributed by atoms with Crippen LogP contribution >= 0.6 is 0 Å². The molecule has 0 heterocycles. The van der Waals surface area contributed by atoms with Crippen molar-refractivity contribution in [3.8, 4) is 5.75 Å². The van der Waals surface area contributed by atoms with Crippen LogP contribution in [0, 0.1) is 5.82 Å². The van der Waals surface area contributed by atoms with Crippen molar-refractivity contribution in [2.75, 3.05) is 13.2 Å². The minimum Gasteiger partial charge on any atom is -0.490 e. The Balaban J connectivity index is 2.22. The van der Waals surface area contributed by atoms with Crippen molar-refractivity contribution in [1.82, 2.24) is 5.32 Å². The van der Waals surface area contributed by atoms with Crippen molar-refractivity contribution in [2.45, 2.75) is 25.9 Å². The van der Waals surface area contributed by atoms with Gasteiger partial charge in [-0.05, 0) is 18.6 Å². The SMILES string of the molecule is CCC(O)CNC(=O)CCOc1ccccc1F. The lowest BCUT2D eigenvalue weighted by Crippen LogP contribution is -2.32. The zero-order valence-corrected chi connectivity index (χ0v) is 10.4. The smallest absolute Gasteiger partial charge is 0.223 e. The van der Waals surface area contributed by atoms with Crippen LogP contribution in [0.2, 0.25) is 0 Å². The first-order valence-electron chi connectivity index (χ1n) is 5.95. The van der Waals surface area contributed by atoms with Crippen LogP contribution in [0.1, 0.15) is 19.8 Å². The average molecular weight is 255 g/mol. The van der Waals surface area contributed by atoms with E-state index in [4.69, 9.17) is 4.74 Å². The largest absolute Gasteiger partial charge is 0.490 e. The fourth-order valence-electron chi connectivity index (χ4n) is 1.28. The van der Waals surface area contributed by atoms with Gasteiger partial charge < -0.3 is 15.2 Å². The number of para-hydroxylation sites is 1. The molecule has 100 valence electrons. The number of amides is 1. The molecule has 0 aliphatic carbocycles. The molecule has 1 atom stereocenters. The van der Waals surface area contributed by atoms with Gasteiger partial charge in [0.05, 0.1) is 19.1 Å². The van der Waals surface area contributed by atoms with Crippen molar-refractivity contribution in [3.63, 3.8) is 0 Å². The van der Waals surface area contributed by atoms with Gasteiger partial charge in [0, 0.05) is 6.54 Å². The number of aliphatic hydroxyl groups excluding tert-OH is 1. The van der Waals surface area contributed by atoms with E-state index in [2.05, 4.69) is 5.32 Å². The second kappa shape index (κ2) is 7.66. The summed E-state index contributed by atoms with van der Waals surface area (Å²) in [6.45, 7) is 2.17. The third-order valence-electron chi connectivity index (χ3n) is 2.43. The Morgan fingerprint density at radius 3 is 2.89 bits per heavy atom. The van der Waals surface area contributed by atoms with Crippen molar-refractivity contribution in [2.24, 2.45) is 0 Å². The molecule has 0 aliphatic heterocycles. The Morgan fingerprint density at radius 2 is 2.22 bits per heavy atom. The van der Waals surface area contributed by atoms with E-state index in [1.54, 1.807) is 12.1 Å². The van der Waals surface area contributed by atoms with Gasteiger partial charge in [0.1, 0.15) is 0 Å². The van der Waals surface area contributed by atoms with Gasteiger partial charge >= 0.3 is 0 Å². The summed E-state index contributed by atoms with van der Waals surface area (Å²) in [5.74, 6) is -0.531. The molecule has 0 saturated carbocycles. The number of hydrogen-bond acceptors (Lipinski definition) is 3. The van der Waals surface area contributed by atoms with Crippen LogP contribution in [0.5, 0.6) is 5.75 Å². The maximum Gasteiger partial charge on any atom is 0.223 e. The van der Waals surface area contributed by atoms with E-state index in [0.717, 1.165) is 0 Å². The summed E-state index contributed by atoms with van der Waals surface area (Å²) >= 11 is 0. The van der Waals surface area contributed by atoms with Crippen LogP contribution in [-0.4, -0.2) is 30.3 Å². The summed E-state index contributed by atoms with van der Waals surface area (Å²) in [5, 5.41) is 11.8. The standard InChI is InChI=1S/C13H18FNO3/c1-2-10(16)9-15-13(17)7-8-18-12-6-4-3-5-11(12)14/h3-6,10,16H,2,7-9H2,1H3,(H,15,17). The summed E-state index contributed by atoms with van der Waals surface area (Å²) in [4.78, 5) is 11.3. The molecule has 1 unspecified atom stereocenters. The Hall–Kier alpha value is -1.62. The number of aliphatic hydroxyl groups is 1. The minimum atomic E-state index is -0.526. The third kappa shape index (κ3) is 5.14. The summed E-state index contributed by atoms with van der Waals surface area (Å²) < 4.78 is 18.3. The molecule has 0 saturated heterocycles. The molecule has 0 spiro atoms. The molecule has 0 radical (unpaired) electrons. The van der Waals surface area contributed by atoms with Crippen molar-refractivity contribution in [3.05, 3.63) is 30.1 Å². The molecule has 1 aromatic rings. The first-order valence-corrected chi connectivity index (χ1v) is 5.95. The summed E-state index contributed by atoms with van der Waals surface area (Å²) in [6, 6.07) is 6.04. The quantitative estimate of drug-likeness (QED) is 0.776. The normalized spacial score (nSPS) is 11.9. The highest BCUT2D eigenvalue weighted by atomic mass is 19.1. The zero-order chi connectivity index (χ0) is 13.4. The Kier molecular flexibility index (Phi) is 6.14. The summed E-state index contributed by atoms with van der Waals surface area (Å²) in [5.41, 5.74) is 0. The predicted octanol–water partition coefficient (Wildman–Crippen LogP) is 1.48. The van der Waals surface area contributed by atoms with E-state index >= 15 is 0 Å². The second-order valence-corrected chi connectivity index (χ2v) is 3.90. The molecule has 18 heavy (non-hydrogen) atoms. The molecule has 1 aromatic carbocycles. The number of ether oxygens (including phenoxy) is 1. The first kappa shape index (κ1) is 14.4. The van der Waals surface area contributed by atoms with Crippen LogP contribution in [0.4, 0.5) is 4.39 Å². The van der Waals surface area contributed by atoms with Crippen molar-refractivity contribution >= 4 is 5.91 Å². The van der Waals surface area contributed by atoms with E-state index in [1.807, 2.05) is 6.92 Å². The van der Waals surface area contributed by atoms with Gasteiger partial charge in [0.15, 0.2) is 11.6 Å². The van der Waals surface area contributed by atoms with E-state index < -0.39 is 11.9 Å². The van der Waals surface area contributed by atoms with Crippen molar-refractivity contribution < 1.29 is 19.0 Å². The molecule has 0 aromatic heterocycles. The highest BCUT2D eigenvalue weighted by Crippen LogP contribution is 2.15. The summed E-state index contributed by atoms with van der Waals surface area (Å²) in [7, 11) is 0. The fraction of sp³-hybridized carbons (Fsp3) is 0.462. The molecule has 5 heteroatoms. The molecule has 1 amide bonds. The fourth-order valence-corrected chi connectivity index (χ4v) is 1.28. The lowest BCUT2D eigenvalue weighted by atomic mass is 10.3. The van der Waals surface area contributed by atoms with Gasteiger partial charge in [0.2, 0.25) is 5.91 Å². The van der Waals surface area contributed by atoms with E-state index in [0.29, 0.717) is 6.42 Å². The van der Waals surface area contributed by atoms with Gasteiger partial charge in [-0.25, -0.2) is 4.39 Å². The van der Waals surface area contributed by atoms with Crippen molar-refractivity contribution in [1.29, 1.82) is 0 Å². The van der Waals surface area contributed by atoms with Gasteiger partial charge in [-0.1, -0.05) is 19.1 Å². The van der Waals surface area contributed by atoms with Gasteiger partial charge in [-0.15, -0.1) is 0 Å². The molecule has 1 rings (SSSR count). The average Bonchev–Trinajstić information content (AvgIpc) is 2.38. The van der Waals surface area contributed by atoms with Gasteiger partial charge in [-0.3, -0.25) is 4.79 Å². The zero-order valence-electron chi connectivity index (χ0n) is 10.4. The molecule has 0 bridgehead atoms. The number of halogens is 1. The first-order chi connectivity index (χ1) is 8.63. The van der Waals surface area contributed by atoms with Crippen LogP contribution in [0.3, 0.4) is 0 Å². The Labute approximate surface area is 106 Å².